The highest BCUT2D eigenvalue weighted by atomic mass is 32.1. The second kappa shape index (κ2) is 6.93. The van der Waals surface area contributed by atoms with Gasteiger partial charge in [0.15, 0.2) is 11.8 Å². The molecule has 0 saturated heterocycles. The number of ether oxygens (including phenoxy) is 1. The molecule has 4 rings (SSSR count). The summed E-state index contributed by atoms with van der Waals surface area (Å²) in [6, 6.07) is 13.8. The molecule has 0 aliphatic carbocycles. The molecule has 7 heteroatoms. The van der Waals surface area contributed by atoms with Gasteiger partial charge in [0, 0.05) is 10.9 Å². The fourth-order valence-corrected chi connectivity index (χ4v) is 4.17. The summed E-state index contributed by atoms with van der Waals surface area (Å²) in [7, 11) is 0. The Morgan fingerprint density at radius 3 is 2.65 bits per heavy atom. The molecule has 1 atom stereocenters. The van der Waals surface area contributed by atoms with E-state index in [0.29, 0.717) is 5.01 Å². The first-order chi connectivity index (χ1) is 12.6. The van der Waals surface area contributed by atoms with Gasteiger partial charge in [0.2, 0.25) is 0 Å². The van der Waals surface area contributed by atoms with Crippen LogP contribution in [0.4, 0.5) is 4.39 Å². The maximum Gasteiger partial charge on any atom is 0.358 e. The second-order valence-corrected chi connectivity index (χ2v) is 7.53. The zero-order valence-electron chi connectivity index (χ0n) is 13.7. The third kappa shape index (κ3) is 3.36. The average Bonchev–Trinajstić information content (AvgIpc) is 3.29. The van der Waals surface area contributed by atoms with Crippen LogP contribution >= 0.6 is 22.7 Å². The lowest BCUT2D eigenvalue weighted by atomic mass is 10.2. The summed E-state index contributed by atoms with van der Waals surface area (Å²) < 4.78 is 19.6. The van der Waals surface area contributed by atoms with E-state index in [1.54, 1.807) is 24.4 Å². The smallest absolute Gasteiger partial charge is 0.358 e. The number of carbonyl (C=O) groups excluding carboxylic acids is 1. The SMILES string of the molecule is CC(OC(=O)c1csc(-c2ccc(F)cc2)n1)c1nc2ccccc2s1. The molecule has 1 unspecified atom stereocenters. The summed E-state index contributed by atoms with van der Waals surface area (Å²) in [5.41, 5.74) is 1.89. The van der Waals surface area contributed by atoms with Gasteiger partial charge in [0.25, 0.3) is 0 Å². The van der Waals surface area contributed by atoms with E-state index >= 15 is 0 Å². The minimum Gasteiger partial charge on any atom is -0.451 e. The zero-order valence-corrected chi connectivity index (χ0v) is 15.3. The van der Waals surface area contributed by atoms with Crippen molar-refractivity contribution >= 4 is 38.9 Å². The van der Waals surface area contributed by atoms with Gasteiger partial charge < -0.3 is 4.74 Å². The van der Waals surface area contributed by atoms with Crippen molar-refractivity contribution in [2.75, 3.05) is 0 Å². The van der Waals surface area contributed by atoms with Gasteiger partial charge in [0.1, 0.15) is 15.8 Å². The molecular formula is C19H13FN2O2S2. The first kappa shape index (κ1) is 16.8. The van der Waals surface area contributed by atoms with Crippen LogP contribution in [0, 0.1) is 5.82 Å². The molecule has 2 aromatic heterocycles. The lowest BCUT2D eigenvalue weighted by molar-refractivity contribution is 0.0332. The highest BCUT2D eigenvalue weighted by molar-refractivity contribution is 7.18. The summed E-state index contributed by atoms with van der Waals surface area (Å²) >= 11 is 2.82. The molecule has 0 N–H and O–H groups in total. The predicted molar refractivity (Wildman–Crippen MR) is 101 cm³/mol. The van der Waals surface area contributed by atoms with E-state index < -0.39 is 12.1 Å². The van der Waals surface area contributed by atoms with E-state index in [1.807, 2.05) is 24.3 Å². The largest absolute Gasteiger partial charge is 0.451 e. The summed E-state index contributed by atoms with van der Waals surface area (Å²) in [6.07, 6.45) is -0.462. The number of thiazole rings is 2. The number of nitrogens with zero attached hydrogens (tertiary/aromatic N) is 2. The molecule has 4 aromatic rings. The van der Waals surface area contributed by atoms with Crippen LogP contribution in [0.2, 0.25) is 0 Å². The number of hydrogen-bond acceptors (Lipinski definition) is 6. The molecule has 0 aliphatic heterocycles. The number of fused-ring (bicyclic) bond motifs is 1. The summed E-state index contributed by atoms with van der Waals surface area (Å²) in [4.78, 5) is 21.2. The Bertz CT molecular complexity index is 1040. The Labute approximate surface area is 156 Å². The lowest BCUT2D eigenvalue weighted by Crippen LogP contribution is -2.09. The number of carbonyl (C=O) groups is 1. The minimum absolute atomic E-state index is 0.238. The van der Waals surface area contributed by atoms with Crippen molar-refractivity contribution in [2.24, 2.45) is 0 Å². The van der Waals surface area contributed by atoms with Crippen molar-refractivity contribution in [3.05, 3.63) is 70.4 Å². The highest BCUT2D eigenvalue weighted by Gasteiger charge is 2.19. The first-order valence-electron chi connectivity index (χ1n) is 7.88. The standard InChI is InChI=1S/C19H13FN2O2S2/c1-11(17-21-14-4-2-3-5-16(14)26-17)24-19(23)15-10-25-18(22-15)12-6-8-13(20)9-7-12/h2-11H,1H3. The molecule has 2 aromatic carbocycles. The van der Waals surface area contributed by atoms with E-state index in [9.17, 15) is 9.18 Å². The first-order valence-corrected chi connectivity index (χ1v) is 9.58. The van der Waals surface area contributed by atoms with Gasteiger partial charge >= 0.3 is 5.97 Å². The van der Waals surface area contributed by atoms with Crippen LogP contribution in [-0.4, -0.2) is 15.9 Å². The maximum atomic E-state index is 13.0. The third-order valence-corrected chi connectivity index (χ3v) is 5.84. The van der Waals surface area contributed by atoms with E-state index in [2.05, 4.69) is 9.97 Å². The number of benzene rings is 2. The molecule has 0 fully saturated rings. The molecule has 4 nitrogen and oxygen atoms in total. The fraction of sp³-hybridized carbons (Fsp3) is 0.105. The zero-order chi connectivity index (χ0) is 18.1. The van der Waals surface area contributed by atoms with Gasteiger partial charge in [-0.15, -0.1) is 22.7 Å². The van der Waals surface area contributed by atoms with Crippen molar-refractivity contribution in [3.63, 3.8) is 0 Å². The van der Waals surface area contributed by atoms with E-state index in [-0.39, 0.29) is 11.5 Å². The topological polar surface area (TPSA) is 52.1 Å². The Hall–Kier alpha value is -2.64. The van der Waals surface area contributed by atoms with E-state index in [1.165, 1.54) is 34.8 Å². The van der Waals surface area contributed by atoms with Gasteiger partial charge in [-0.1, -0.05) is 12.1 Å². The van der Waals surface area contributed by atoms with Crippen LogP contribution in [0.15, 0.2) is 53.9 Å². The molecule has 0 spiro atoms. The molecule has 2 heterocycles. The summed E-state index contributed by atoms with van der Waals surface area (Å²) in [5.74, 6) is -0.809. The number of halogens is 1. The number of rotatable bonds is 4. The van der Waals surface area contributed by atoms with Gasteiger partial charge in [-0.25, -0.2) is 19.2 Å². The van der Waals surface area contributed by atoms with Gasteiger partial charge in [0.05, 0.1) is 10.2 Å². The molecule has 0 aliphatic rings. The second-order valence-electron chi connectivity index (χ2n) is 5.61. The Morgan fingerprint density at radius 1 is 1.12 bits per heavy atom. The molecule has 0 radical (unpaired) electrons. The van der Waals surface area contributed by atoms with E-state index in [0.717, 1.165) is 20.8 Å². The quantitative estimate of drug-likeness (QED) is 0.437. The van der Waals surface area contributed by atoms with Crippen LogP contribution in [0.25, 0.3) is 20.8 Å². The summed E-state index contributed by atoms with van der Waals surface area (Å²) in [6.45, 7) is 1.79. The van der Waals surface area contributed by atoms with Crippen molar-refractivity contribution in [1.29, 1.82) is 0 Å². The Morgan fingerprint density at radius 2 is 1.88 bits per heavy atom. The monoisotopic (exact) mass is 384 g/mol. The van der Waals surface area contributed by atoms with Crippen molar-refractivity contribution < 1.29 is 13.9 Å². The molecular weight excluding hydrogens is 371 g/mol. The molecule has 0 bridgehead atoms. The molecule has 0 amide bonds. The van der Waals surface area contributed by atoms with Gasteiger partial charge in [-0.3, -0.25) is 0 Å². The Kier molecular flexibility index (Phi) is 4.48. The van der Waals surface area contributed by atoms with Crippen LogP contribution in [-0.2, 0) is 4.74 Å². The van der Waals surface area contributed by atoms with Gasteiger partial charge in [-0.05, 0) is 43.3 Å². The van der Waals surface area contributed by atoms with Crippen molar-refractivity contribution in [1.82, 2.24) is 9.97 Å². The number of esters is 1. The highest BCUT2D eigenvalue weighted by Crippen LogP contribution is 2.29. The van der Waals surface area contributed by atoms with Crippen molar-refractivity contribution in [3.8, 4) is 10.6 Å². The van der Waals surface area contributed by atoms with Crippen LogP contribution < -0.4 is 0 Å². The van der Waals surface area contributed by atoms with Crippen LogP contribution in [0.5, 0.6) is 0 Å². The lowest BCUT2D eigenvalue weighted by Gasteiger charge is -2.08. The number of hydrogen-bond donors (Lipinski definition) is 0. The van der Waals surface area contributed by atoms with Crippen molar-refractivity contribution in [2.45, 2.75) is 13.0 Å². The fourth-order valence-electron chi connectivity index (χ4n) is 2.43. The van der Waals surface area contributed by atoms with E-state index in [4.69, 9.17) is 4.74 Å². The third-order valence-electron chi connectivity index (χ3n) is 3.75. The molecule has 0 saturated carbocycles. The normalized spacial score (nSPS) is 12.2. The summed E-state index contributed by atoms with van der Waals surface area (Å²) in [5, 5.41) is 3.03. The van der Waals surface area contributed by atoms with Crippen LogP contribution in [0.3, 0.4) is 0 Å². The number of para-hydroxylation sites is 1. The Balaban J connectivity index is 1.50. The molecule has 26 heavy (non-hydrogen) atoms. The predicted octanol–water partition coefficient (Wildman–Crippen LogP) is 5.48. The molecule has 130 valence electrons. The van der Waals surface area contributed by atoms with Gasteiger partial charge in [-0.2, -0.15) is 0 Å². The average molecular weight is 384 g/mol. The minimum atomic E-state index is -0.499. The maximum absolute atomic E-state index is 13.0. The van der Waals surface area contributed by atoms with Crippen LogP contribution in [0.1, 0.15) is 28.5 Å². The number of aromatic nitrogens is 2.